The fraction of sp³-hybridized carbons (Fsp3) is 0.0244. The van der Waals surface area contributed by atoms with E-state index in [1.54, 1.807) is 36.4 Å². The van der Waals surface area contributed by atoms with Crippen molar-refractivity contribution < 1.29 is 38.5 Å². The number of anilines is 2. The molecular formula is C41H22N4O10. The first kappa shape index (κ1) is 32.9. The van der Waals surface area contributed by atoms with Gasteiger partial charge in [0.2, 0.25) is 0 Å². The first-order chi connectivity index (χ1) is 26.5. The highest BCUT2D eigenvalue weighted by Crippen LogP contribution is 2.43. The molecule has 0 N–H and O–H groups in total. The molecule has 0 radical (unpaired) electrons. The second-order valence-electron chi connectivity index (χ2n) is 12.9. The number of amides is 4. The second-order valence-corrected chi connectivity index (χ2v) is 12.9. The van der Waals surface area contributed by atoms with Crippen LogP contribution in [0.1, 0.15) is 52.6 Å². The van der Waals surface area contributed by atoms with Gasteiger partial charge in [0.1, 0.15) is 23.0 Å². The van der Waals surface area contributed by atoms with E-state index >= 15 is 0 Å². The lowest BCUT2D eigenvalue weighted by Gasteiger charge is -2.15. The van der Waals surface area contributed by atoms with E-state index in [0.717, 1.165) is 32.1 Å². The lowest BCUT2D eigenvalue weighted by Crippen LogP contribution is -2.29. The predicted octanol–water partition coefficient (Wildman–Crippen LogP) is 8.26. The number of benzene rings is 6. The summed E-state index contributed by atoms with van der Waals surface area (Å²) in [6.45, 7) is 0. The van der Waals surface area contributed by atoms with Gasteiger partial charge in [-0.15, -0.1) is 0 Å². The van der Waals surface area contributed by atoms with Crippen molar-refractivity contribution >= 4 is 46.4 Å². The summed E-state index contributed by atoms with van der Waals surface area (Å²) in [7, 11) is 0. The van der Waals surface area contributed by atoms with Gasteiger partial charge in [-0.05, 0) is 114 Å². The Kier molecular flexibility index (Phi) is 7.36. The van der Waals surface area contributed by atoms with Crippen molar-refractivity contribution in [1.82, 2.24) is 0 Å². The van der Waals surface area contributed by atoms with Crippen molar-refractivity contribution in [3.05, 3.63) is 175 Å². The summed E-state index contributed by atoms with van der Waals surface area (Å²) < 4.78 is 11.6. The average Bonchev–Trinajstić information content (AvgIpc) is 3.76. The maximum atomic E-state index is 13.6. The fourth-order valence-corrected chi connectivity index (χ4v) is 7.04. The Morgan fingerprint density at radius 2 is 0.764 bits per heavy atom. The van der Waals surface area contributed by atoms with Gasteiger partial charge < -0.3 is 9.47 Å². The third-order valence-electron chi connectivity index (χ3n) is 9.65. The van der Waals surface area contributed by atoms with Crippen LogP contribution in [0, 0.1) is 20.2 Å². The van der Waals surface area contributed by atoms with Crippen molar-refractivity contribution in [3.8, 4) is 34.1 Å². The highest BCUT2D eigenvalue weighted by Gasteiger charge is 2.39. The molecule has 0 aromatic heterocycles. The Balaban J connectivity index is 0.923. The Bertz CT molecular complexity index is 2540. The lowest BCUT2D eigenvalue weighted by molar-refractivity contribution is -0.385. The molecule has 55 heavy (non-hydrogen) atoms. The number of imide groups is 2. The summed E-state index contributed by atoms with van der Waals surface area (Å²) >= 11 is 0. The number of ether oxygens (including phenoxy) is 2. The number of hydrogen-bond donors (Lipinski definition) is 0. The molecule has 14 heteroatoms. The molecule has 0 saturated heterocycles. The maximum Gasteiger partial charge on any atom is 0.269 e. The van der Waals surface area contributed by atoms with Gasteiger partial charge in [0.05, 0.1) is 43.5 Å². The van der Waals surface area contributed by atoms with Gasteiger partial charge in [-0.25, -0.2) is 9.80 Å². The number of rotatable bonds is 8. The molecule has 0 atom stereocenters. The van der Waals surface area contributed by atoms with Crippen molar-refractivity contribution in [2.45, 2.75) is 6.42 Å². The van der Waals surface area contributed by atoms with Crippen LogP contribution in [-0.4, -0.2) is 33.5 Å². The lowest BCUT2D eigenvalue weighted by atomic mass is 10.0. The molecule has 6 aromatic rings. The summed E-state index contributed by atoms with van der Waals surface area (Å²) in [6, 6.07) is 30.6. The van der Waals surface area contributed by atoms with E-state index in [4.69, 9.17) is 9.47 Å². The number of non-ortho nitro benzene ring substituents is 2. The van der Waals surface area contributed by atoms with Crippen LogP contribution in [0.15, 0.2) is 121 Å². The summed E-state index contributed by atoms with van der Waals surface area (Å²) in [5.41, 5.74) is 4.76. The smallest absolute Gasteiger partial charge is 0.269 e. The first-order valence-electron chi connectivity index (χ1n) is 16.7. The van der Waals surface area contributed by atoms with E-state index < -0.39 is 33.5 Å². The van der Waals surface area contributed by atoms with E-state index in [1.165, 1.54) is 72.8 Å². The zero-order valence-corrected chi connectivity index (χ0v) is 28.1. The summed E-state index contributed by atoms with van der Waals surface area (Å²) in [5, 5.41) is 21.9. The highest BCUT2D eigenvalue weighted by atomic mass is 16.6. The summed E-state index contributed by atoms with van der Waals surface area (Å²) in [5.74, 6) is -0.834. The minimum Gasteiger partial charge on any atom is -0.457 e. The number of hydrogen-bond acceptors (Lipinski definition) is 10. The largest absolute Gasteiger partial charge is 0.457 e. The van der Waals surface area contributed by atoms with Gasteiger partial charge in [-0.1, -0.05) is 12.1 Å². The fourth-order valence-electron chi connectivity index (χ4n) is 7.04. The standard InChI is InChI=1S/C41H22N4O10/c46-38-34-15-11-30(54-28-7-1-24(2-8-28)44(50)51)20-36(34)40(48)42(38)26-5-13-32-22(18-26)17-23-19-27(6-14-33(23)32)43-39(47)35-16-12-31(21-37(35)41(43)49)55-29-9-3-25(4-10-29)45(52)53/h1-16,18-21H,17H2. The number of carbonyl (C=O) groups is 4. The van der Waals surface area contributed by atoms with Crippen LogP contribution in [0.25, 0.3) is 11.1 Å². The number of nitro groups is 2. The van der Waals surface area contributed by atoms with Gasteiger partial charge in [0.15, 0.2) is 0 Å². The molecule has 0 fully saturated rings. The molecule has 266 valence electrons. The molecule has 1 aliphatic carbocycles. The molecule has 2 heterocycles. The molecule has 2 aliphatic heterocycles. The van der Waals surface area contributed by atoms with E-state index in [0.29, 0.717) is 29.3 Å². The quantitative estimate of drug-likeness (QED) is 0.0839. The minimum absolute atomic E-state index is 0.0935. The average molecular weight is 731 g/mol. The monoisotopic (exact) mass is 730 g/mol. The van der Waals surface area contributed by atoms with Crippen LogP contribution < -0.4 is 19.3 Å². The normalized spacial score (nSPS) is 13.7. The highest BCUT2D eigenvalue weighted by molar-refractivity contribution is 6.35. The summed E-state index contributed by atoms with van der Waals surface area (Å²) in [4.78, 5) is 77.3. The van der Waals surface area contributed by atoms with Crippen molar-refractivity contribution in [3.63, 3.8) is 0 Å². The van der Waals surface area contributed by atoms with E-state index in [2.05, 4.69) is 0 Å². The molecule has 6 aromatic carbocycles. The Morgan fingerprint density at radius 1 is 0.418 bits per heavy atom. The molecule has 0 unspecified atom stereocenters. The number of nitro benzene ring substituents is 2. The molecule has 14 nitrogen and oxygen atoms in total. The van der Waals surface area contributed by atoms with Crippen LogP contribution >= 0.6 is 0 Å². The van der Waals surface area contributed by atoms with Crippen molar-refractivity contribution in [1.29, 1.82) is 0 Å². The van der Waals surface area contributed by atoms with Gasteiger partial charge in [0.25, 0.3) is 35.0 Å². The molecular weight excluding hydrogens is 708 g/mol. The molecule has 4 amide bonds. The van der Waals surface area contributed by atoms with Crippen LogP contribution in [0.5, 0.6) is 23.0 Å². The SMILES string of the molecule is O=C1c2ccc(Oc3ccc([N+](=O)[O-])cc3)cc2C(=O)N1c1ccc2c(c1)Cc1cc(N3C(=O)c4ccc(Oc5ccc([N+](=O)[O-])cc5)cc4C3=O)ccc1-2. The van der Waals surface area contributed by atoms with Gasteiger partial charge in [0, 0.05) is 24.3 Å². The Labute approximate surface area is 309 Å². The number of carbonyl (C=O) groups excluding carboxylic acids is 4. The van der Waals surface area contributed by atoms with Crippen molar-refractivity contribution in [2.24, 2.45) is 0 Å². The third kappa shape index (κ3) is 5.44. The zero-order chi connectivity index (χ0) is 38.1. The predicted molar refractivity (Wildman–Crippen MR) is 196 cm³/mol. The maximum absolute atomic E-state index is 13.6. The van der Waals surface area contributed by atoms with Crippen LogP contribution in [0.2, 0.25) is 0 Å². The van der Waals surface area contributed by atoms with Gasteiger partial charge in [-0.2, -0.15) is 0 Å². The molecule has 0 spiro atoms. The molecule has 0 bridgehead atoms. The first-order valence-corrected chi connectivity index (χ1v) is 16.7. The van der Waals surface area contributed by atoms with E-state index in [1.807, 2.05) is 12.1 Å². The third-order valence-corrected chi connectivity index (χ3v) is 9.65. The van der Waals surface area contributed by atoms with Gasteiger partial charge in [-0.3, -0.25) is 39.4 Å². The zero-order valence-electron chi connectivity index (χ0n) is 28.1. The second kappa shape index (κ2) is 12.3. The number of fused-ring (bicyclic) bond motifs is 5. The van der Waals surface area contributed by atoms with E-state index in [-0.39, 0.29) is 45.1 Å². The van der Waals surface area contributed by atoms with Crippen LogP contribution in [-0.2, 0) is 6.42 Å². The Morgan fingerprint density at radius 3 is 1.15 bits per heavy atom. The van der Waals surface area contributed by atoms with Crippen molar-refractivity contribution in [2.75, 3.05) is 9.80 Å². The van der Waals surface area contributed by atoms with Crippen LogP contribution in [0.3, 0.4) is 0 Å². The topological polar surface area (TPSA) is 179 Å². The summed E-state index contributed by atoms with van der Waals surface area (Å²) in [6.07, 6.45) is 0.416. The Hall–Kier alpha value is -8.00. The minimum atomic E-state index is -0.529. The van der Waals surface area contributed by atoms with Gasteiger partial charge >= 0.3 is 0 Å². The number of nitrogens with zero attached hydrogens (tertiary/aromatic N) is 4. The molecule has 9 rings (SSSR count). The molecule has 3 aliphatic rings. The molecule has 0 saturated carbocycles. The van der Waals surface area contributed by atoms with Crippen LogP contribution in [0.4, 0.5) is 22.7 Å². The van der Waals surface area contributed by atoms with E-state index in [9.17, 15) is 39.4 Å².